The first-order valence-corrected chi connectivity index (χ1v) is 10.8. The summed E-state index contributed by atoms with van der Waals surface area (Å²) in [5, 5.41) is 27.2. The number of carbonyl (C=O) groups is 1. The van der Waals surface area contributed by atoms with Gasteiger partial charge in [0, 0.05) is 17.6 Å². The van der Waals surface area contributed by atoms with Crippen LogP contribution in [-0.4, -0.2) is 57.8 Å². The highest BCUT2D eigenvalue weighted by Gasteiger charge is 2.23. The van der Waals surface area contributed by atoms with E-state index in [1.807, 2.05) is 31.2 Å². The van der Waals surface area contributed by atoms with Crippen LogP contribution in [0.4, 0.5) is 0 Å². The first kappa shape index (κ1) is 22.1. The first-order valence-electron chi connectivity index (χ1n) is 10.8. The van der Waals surface area contributed by atoms with Gasteiger partial charge in [-0.05, 0) is 44.0 Å². The molecule has 0 spiro atoms. The summed E-state index contributed by atoms with van der Waals surface area (Å²) in [6.45, 7) is 4.01. The van der Waals surface area contributed by atoms with Crippen LogP contribution in [0, 0.1) is 13.8 Å². The standard InChI is InChI=1S/C23H23N9O3/c1-12-9-16-17(11-25-12)32(30-18(16)21(24)34)23-26-22(27-28-23)19-20(33)13(2)29-31(19)8-7-14-5-4-6-15(10-14)35-3/h4-6,9-11,33H,7-8H2,1-3H3,(H2,24,34)(H,26,27,28). The van der Waals surface area contributed by atoms with Gasteiger partial charge in [0.25, 0.3) is 11.9 Å². The van der Waals surface area contributed by atoms with Crippen molar-refractivity contribution in [1.82, 2.24) is 39.7 Å². The van der Waals surface area contributed by atoms with Crippen LogP contribution < -0.4 is 10.5 Å². The van der Waals surface area contributed by atoms with E-state index in [4.69, 9.17) is 10.5 Å². The number of pyridine rings is 1. The van der Waals surface area contributed by atoms with Crippen molar-refractivity contribution in [2.24, 2.45) is 5.73 Å². The third-order valence-corrected chi connectivity index (χ3v) is 5.67. The number of primary amides is 1. The van der Waals surface area contributed by atoms with Gasteiger partial charge in [-0.25, -0.2) is 0 Å². The Balaban J connectivity index is 1.51. The zero-order chi connectivity index (χ0) is 24.7. The molecule has 0 bridgehead atoms. The van der Waals surface area contributed by atoms with Gasteiger partial charge in [-0.1, -0.05) is 12.1 Å². The molecular formula is C23H23N9O3. The maximum Gasteiger partial charge on any atom is 0.270 e. The number of hydrogen-bond acceptors (Lipinski definition) is 8. The maximum absolute atomic E-state index is 11.9. The SMILES string of the molecule is COc1cccc(CCn2nc(C)c(O)c2-c2nc(-n3nc(C(N)=O)c4cc(C)ncc43)n[nH]2)c1. The second-order valence-electron chi connectivity index (χ2n) is 8.06. The summed E-state index contributed by atoms with van der Waals surface area (Å²) >= 11 is 0. The molecule has 4 heterocycles. The zero-order valence-electron chi connectivity index (χ0n) is 19.3. The van der Waals surface area contributed by atoms with E-state index in [1.165, 1.54) is 4.68 Å². The number of rotatable bonds is 7. The summed E-state index contributed by atoms with van der Waals surface area (Å²) in [4.78, 5) is 20.8. The van der Waals surface area contributed by atoms with Crippen LogP contribution in [0.15, 0.2) is 36.5 Å². The Hall–Kier alpha value is -4.74. The molecule has 5 rings (SSSR count). The van der Waals surface area contributed by atoms with Gasteiger partial charge >= 0.3 is 0 Å². The first-order chi connectivity index (χ1) is 16.9. The van der Waals surface area contributed by atoms with E-state index < -0.39 is 5.91 Å². The van der Waals surface area contributed by atoms with Gasteiger partial charge in [0.05, 0.1) is 18.8 Å². The summed E-state index contributed by atoms with van der Waals surface area (Å²) in [5.74, 6) is 0.570. The van der Waals surface area contributed by atoms with Crippen molar-refractivity contribution in [3.63, 3.8) is 0 Å². The van der Waals surface area contributed by atoms with E-state index in [-0.39, 0.29) is 17.4 Å². The molecule has 0 unspecified atom stereocenters. The lowest BCUT2D eigenvalue weighted by Gasteiger charge is -2.07. The van der Waals surface area contributed by atoms with Crippen LogP contribution in [0.2, 0.25) is 0 Å². The van der Waals surface area contributed by atoms with Crippen LogP contribution in [0.3, 0.4) is 0 Å². The number of benzene rings is 1. The Kier molecular flexibility index (Phi) is 5.40. The average Bonchev–Trinajstić information content (AvgIpc) is 3.53. The van der Waals surface area contributed by atoms with E-state index in [0.717, 1.165) is 17.0 Å². The van der Waals surface area contributed by atoms with E-state index >= 15 is 0 Å². The van der Waals surface area contributed by atoms with Gasteiger partial charge in [0.15, 0.2) is 17.3 Å². The number of methoxy groups -OCH3 is 1. The molecule has 1 aromatic carbocycles. The number of ether oxygens (including phenoxy) is 1. The molecule has 0 fully saturated rings. The van der Waals surface area contributed by atoms with Crippen molar-refractivity contribution in [1.29, 1.82) is 0 Å². The molecule has 0 saturated carbocycles. The minimum Gasteiger partial charge on any atom is -0.504 e. The summed E-state index contributed by atoms with van der Waals surface area (Å²) in [6, 6.07) is 9.50. The van der Waals surface area contributed by atoms with E-state index in [9.17, 15) is 9.90 Å². The largest absolute Gasteiger partial charge is 0.504 e. The number of aromatic amines is 1. The van der Waals surface area contributed by atoms with Gasteiger partial charge in [-0.3, -0.25) is 19.6 Å². The smallest absolute Gasteiger partial charge is 0.270 e. The fourth-order valence-corrected chi connectivity index (χ4v) is 3.94. The number of H-pyrrole nitrogens is 1. The second-order valence-corrected chi connectivity index (χ2v) is 8.06. The highest BCUT2D eigenvalue weighted by molar-refractivity contribution is 6.04. The lowest BCUT2D eigenvalue weighted by Crippen LogP contribution is -2.12. The Morgan fingerprint density at radius 2 is 2.06 bits per heavy atom. The molecule has 0 radical (unpaired) electrons. The van der Waals surface area contributed by atoms with Crippen molar-refractivity contribution in [3.8, 4) is 29.0 Å². The molecule has 178 valence electrons. The Morgan fingerprint density at radius 1 is 1.23 bits per heavy atom. The monoisotopic (exact) mass is 473 g/mol. The van der Waals surface area contributed by atoms with E-state index in [1.54, 1.807) is 31.0 Å². The molecule has 4 N–H and O–H groups in total. The Bertz CT molecular complexity index is 1560. The van der Waals surface area contributed by atoms with E-state index in [0.29, 0.717) is 41.1 Å². The molecule has 5 aromatic rings. The quantitative estimate of drug-likeness (QED) is 0.323. The van der Waals surface area contributed by atoms with Crippen LogP contribution >= 0.6 is 0 Å². The predicted molar refractivity (Wildman–Crippen MR) is 126 cm³/mol. The second kappa shape index (κ2) is 8.56. The summed E-state index contributed by atoms with van der Waals surface area (Å²) in [7, 11) is 1.63. The van der Waals surface area contributed by atoms with Crippen molar-refractivity contribution in [2.45, 2.75) is 26.8 Å². The maximum atomic E-state index is 11.9. The van der Waals surface area contributed by atoms with Crippen molar-refractivity contribution in [3.05, 3.63) is 59.2 Å². The molecule has 12 nitrogen and oxygen atoms in total. The lowest BCUT2D eigenvalue weighted by molar-refractivity contribution is 0.0996. The molecule has 0 aliphatic carbocycles. The Morgan fingerprint density at radius 3 is 2.83 bits per heavy atom. The minimum absolute atomic E-state index is 0.00113. The summed E-state index contributed by atoms with van der Waals surface area (Å²) in [6.07, 6.45) is 2.24. The average molecular weight is 473 g/mol. The predicted octanol–water partition coefficient (Wildman–Crippen LogP) is 2.07. The molecule has 1 amide bonds. The van der Waals surface area contributed by atoms with Crippen LogP contribution in [0.5, 0.6) is 11.5 Å². The van der Waals surface area contributed by atoms with Gasteiger partial charge in [0.1, 0.15) is 17.1 Å². The number of aryl methyl sites for hydroxylation is 4. The minimum atomic E-state index is -0.668. The lowest BCUT2D eigenvalue weighted by atomic mass is 10.1. The molecule has 0 aliphatic rings. The number of fused-ring (bicyclic) bond motifs is 1. The van der Waals surface area contributed by atoms with Crippen molar-refractivity contribution >= 4 is 16.8 Å². The molecule has 35 heavy (non-hydrogen) atoms. The van der Waals surface area contributed by atoms with Gasteiger partial charge in [0.2, 0.25) is 0 Å². The van der Waals surface area contributed by atoms with Gasteiger partial charge in [-0.2, -0.15) is 19.9 Å². The topological polar surface area (TPSA) is 163 Å². The molecule has 0 saturated heterocycles. The number of aromatic hydroxyl groups is 1. The number of nitrogens with one attached hydrogen (secondary N) is 1. The highest BCUT2D eigenvalue weighted by atomic mass is 16.5. The van der Waals surface area contributed by atoms with Gasteiger partial charge < -0.3 is 15.6 Å². The number of aromatic nitrogens is 8. The van der Waals surface area contributed by atoms with Crippen LogP contribution in [0.25, 0.3) is 28.4 Å². The fourth-order valence-electron chi connectivity index (χ4n) is 3.94. The molecule has 4 aromatic heterocycles. The molecule has 12 heteroatoms. The molecule has 0 atom stereocenters. The normalized spacial score (nSPS) is 11.3. The van der Waals surface area contributed by atoms with Crippen LogP contribution in [-0.2, 0) is 13.0 Å². The summed E-state index contributed by atoms with van der Waals surface area (Å²) < 4.78 is 8.36. The highest BCUT2D eigenvalue weighted by Crippen LogP contribution is 2.31. The van der Waals surface area contributed by atoms with E-state index in [2.05, 4.69) is 30.4 Å². The van der Waals surface area contributed by atoms with Crippen molar-refractivity contribution in [2.75, 3.05) is 7.11 Å². The number of nitrogens with zero attached hydrogens (tertiary/aromatic N) is 7. The fraction of sp³-hybridized carbons (Fsp3) is 0.217. The Labute approximate surface area is 199 Å². The third kappa shape index (κ3) is 3.94. The third-order valence-electron chi connectivity index (χ3n) is 5.67. The number of amides is 1. The zero-order valence-corrected chi connectivity index (χ0v) is 19.3. The van der Waals surface area contributed by atoms with Gasteiger partial charge in [-0.15, -0.1) is 5.10 Å². The number of nitrogens with two attached hydrogens (primary N) is 1. The molecular weight excluding hydrogens is 450 g/mol. The van der Waals surface area contributed by atoms with Crippen LogP contribution in [0.1, 0.15) is 27.4 Å². The number of hydrogen-bond donors (Lipinski definition) is 3. The number of carbonyl (C=O) groups excluding carboxylic acids is 1. The summed E-state index contributed by atoms with van der Waals surface area (Å²) in [5.41, 5.74) is 8.78. The molecule has 0 aliphatic heterocycles. The van der Waals surface area contributed by atoms with Crippen molar-refractivity contribution < 1.29 is 14.6 Å².